The third-order valence-electron chi connectivity index (χ3n) is 3.13. The molecule has 20 heavy (non-hydrogen) atoms. The molecule has 0 saturated carbocycles. The molecule has 3 heterocycles. The number of rotatable bonds is 3. The molecule has 0 N–H and O–H groups in total. The van der Waals surface area contributed by atoms with Crippen molar-refractivity contribution in [3.8, 4) is 0 Å². The van der Waals surface area contributed by atoms with Gasteiger partial charge in [0.1, 0.15) is 10.5 Å². The molecular formula is C12H12N4O2S2. The first-order valence-corrected chi connectivity index (χ1v) is 7.74. The molecule has 0 aliphatic rings. The van der Waals surface area contributed by atoms with Gasteiger partial charge in [-0.15, -0.1) is 11.3 Å². The van der Waals surface area contributed by atoms with Crippen molar-refractivity contribution in [3.05, 3.63) is 32.7 Å². The quantitative estimate of drug-likeness (QED) is 0.546. The van der Waals surface area contributed by atoms with E-state index >= 15 is 0 Å². The normalized spacial score (nSPS) is 11.3. The van der Waals surface area contributed by atoms with Gasteiger partial charge in [0.05, 0.1) is 11.6 Å². The summed E-state index contributed by atoms with van der Waals surface area (Å²) in [6.45, 7) is 3.97. The van der Waals surface area contributed by atoms with Gasteiger partial charge >= 0.3 is 0 Å². The standard InChI is InChI=1S/C12H12N4O2S2/c1-6-7(2)20-10-9(6)11(17)16(3)12(14-10)19-5-8-4-13-18-15-8/h4H,5H2,1-3H3. The van der Waals surface area contributed by atoms with Gasteiger partial charge in [0, 0.05) is 17.7 Å². The van der Waals surface area contributed by atoms with Crippen molar-refractivity contribution in [3.63, 3.8) is 0 Å². The Bertz CT molecular complexity index is 820. The van der Waals surface area contributed by atoms with Crippen molar-refractivity contribution < 1.29 is 4.63 Å². The number of thiophene rings is 1. The summed E-state index contributed by atoms with van der Waals surface area (Å²) in [7, 11) is 1.74. The van der Waals surface area contributed by atoms with E-state index in [0.29, 0.717) is 10.9 Å². The van der Waals surface area contributed by atoms with Gasteiger partial charge < -0.3 is 0 Å². The van der Waals surface area contributed by atoms with Gasteiger partial charge in [-0.25, -0.2) is 9.61 Å². The highest BCUT2D eigenvalue weighted by Crippen LogP contribution is 2.28. The smallest absolute Gasteiger partial charge is 0.262 e. The lowest BCUT2D eigenvalue weighted by Crippen LogP contribution is -2.19. The monoisotopic (exact) mass is 308 g/mol. The van der Waals surface area contributed by atoms with Crippen molar-refractivity contribution in [1.29, 1.82) is 0 Å². The Balaban J connectivity index is 2.03. The zero-order valence-electron chi connectivity index (χ0n) is 11.2. The van der Waals surface area contributed by atoms with Gasteiger partial charge in [0.2, 0.25) is 0 Å². The number of nitrogens with zero attached hydrogens (tertiary/aromatic N) is 4. The van der Waals surface area contributed by atoms with E-state index < -0.39 is 0 Å². The highest BCUT2D eigenvalue weighted by molar-refractivity contribution is 7.98. The van der Waals surface area contributed by atoms with Gasteiger partial charge in [-0.2, -0.15) is 0 Å². The summed E-state index contributed by atoms with van der Waals surface area (Å²) in [5, 5.41) is 8.69. The van der Waals surface area contributed by atoms with Gasteiger partial charge in [-0.1, -0.05) is 22.1 Å². The van der Waals surface area contributed by atoms with Crippen LogP contribution in [-0.2, 0) is 12.8 Å². The largest absolute Gasteiger partial charge is 0.290 e. The number of hydrogen-bond donors (Lipinski definition) is 0. The second kappa shape index (κ2) is 5.02. The highest BCUT2D eigenvalue weighted by atomic mass is 32.2. The second-order valence-corrected chi connectivity index (χ2v) is 6.56. The van der Waals surface area contributed by atoms with Crippen LogP contribution in [0.4, 0.5) is 0 Å². The minimum atomic E-state index is -0.00220. The summed E-state index contributed by atoms with van der Waals surface area (Å²) in [5.41, 5.74) is 1.75. The molecule has 0 radical (unpaired) electrons. The van der Waals surface area contributed by atoms with E-state index in [1.807, 2.05) is 13.8 Å². The molecule has 0 unspecified atom stereocenters. The lowest BCUT2D eigenvalue weighted by molar-refractivity contribution is 0.304. The molecule has 104 valence electrons. The fraction of sp³-hybridized carbons (Fsp3) is 0.333. The lowest BCUT2D eigenvalue weighted by Gasteiger charge is -2.05. The van der Waals surface area contributed by atoms with Crippen LogP contribution in [0.15, 0.2) is 20.8 Å². The van der Waals surface area contributed by atoms with Crippen molar-refractivity contribution in [2.75, 3.05) is 0 Å². The van der Waals surface area contributed by atoms with Crippen molar-refractivity contribution in [2.45, 2.75) is 24.8 Å². The molecule has 0 aliphatic heterocycles. The third-order valence-corrected chi connectivity index (χ3v) is 5.29. The first kappa shape index (κ1) is 13.3. The summed E-state index contributed by atoms with van der Waals surface area (Å²) < 4.78 is 6.13. The lowest BCUT2D eigenvalue weighted by atomic mass is 10.2. The van der Waals surface area contributed by atoms with Crippen LogP contribution in [0.1, 0.15) is 16.1 Å². The van der Waals surface area contributed by atoms with Gasteiger partial charge in [0.25, 0.3) is 5.56 Å². The molecule has 0 aliphatic carbocycles. The van der Waals surface area contributed by atoms with Crippen LogP contribution >= 0.6 is 23.1 Å². The number of fused-ring (bicyclic) bond motifs is 1. The molecule has 3 aromatic rings. The summed E-state index contributed by atoms with van der Waals surface area (Å²) in [4.78, 5) is 18.9. The van der Waals surface area contributed by atoms with Crippen molar-refractivity contribution in [2.24, 2.45) is 7.05 Å². The molecular weight excluding hydrogens is 296 g/mol. The molecule has 0 amide bonds. The topological polar surface area (TPSA) is 73.8 Å². The Hall–Kier alpha value is -1.67. The number of aryl methyl sites for hydroxylation is 2. The molecule has 3 rings (SSSR count). The molecule has 0 fully saturated rings. The van der Waals surface area contributed by atoms with E-state index in [4.69, 9.17) is 0 Å². The number of aromatic nitrogens is 4. The summed E-state index contributed by atoms with van der Waals surface area (Å²) in [5.74, 6) is 0.568. The van der Waals surface area contributed by atoms with Gasteiger partial charge in [0.15, 0.2) is 5.16 Å². The number of hydrogen-bond acceptors (Lipinski definition) is 7. The summed E-state index contributed by atoms with van der Waals surface area (Å²) >= 11 is 3.00. The Kier molecular flexibility index (Phi) is 3.35. The maximum Gasteiger partial charge on any atom is 0.262 e. The first-order chi connectivity index (χ1) is 9.58. The van der Waals surface area contributed by atoms with E-state index in [2.05, 4.69) is 19.9 Å². The zero-order chi connectivity index (χ0) is 14.3. The minimum Gasteiger partial charge on any atom is -0.290 e. The van der Waals surface area contributed by atoms with Crippen LogP contribution in [0, 0.1) is 13.8 Å². The Morgan fingerprint density at radius 2 is 2.25 bits per heavy atom. The van der Waals surface area contributed by atoms with Crippen molar-refractivity contribution >= 4 is 33.3 Å². The minimum absolute atomic E-state index is 0.00220. The maximum atomic E-state index is 12.4. The molecule has 0 bridgehead atoms. The van der Waals surface area contributed by atoms with Crippen LogP contribution in [-0.4, -0.2) is 19.9 Å². The number of thioether (sulfide) groups is 1. The SMILES string of the molecule is Cc1sc2nc(SCc3cnon3)n(C)c(=O)c2c1C. The maximum absolute atomic E-state index is 12.4. The van der Waals surface area contributed by atoms with Gasteiger partial charge in [-0.3, -0.25) is 9.36 Å². The average Bonchev–Trinajstić information content (AvgIpc) is 3.02. The Labute approximate surface area is 122 Å². The molecule has 0 spiro atoms. The van der Waals surface area contributed by atoms with Crippen LogP contribution < -0.4 is 5.56 Å². The predicted octanol–water partition coefficient (Wildman–Crippen LogP) is 2.29. The molecule has 0 aromatic carbocycles. The molecule has 0 saturated heterocycles. The highest BCUT2D eigenvalue weighted by Gasteiger charge is 2.15. The van der Waals surface area contributed by atoms with Crippen LogP contribution in [0.5, 0.6) is 0 Å². The average molecular weight is 308 g/mol. The predicted molar refractivity (Wildman–Crippen MR) is 78.2 cm³/mol. The van der Waals surface area contributed by atoms with Crippen LogP contribution in [0.3, 0.4) is 0 Å². The Morgan fingerprint density at radius 3 is 2.95 bits per heavy atom. The van der Waals surface area contributed by atoms with Crippen LogP contribution in [0.25, 0.3) is 10.2 Å². The fourth-order valence-corrected chi connectivity index (χ4v) is 3.79. The fourth-order valence-electron chi connectivity index (χ4n) is 1.87. The summed E-state index contributed by atoms with van der Waals surface area (Å²) in [6, 6.07) is 0. The van der Waals surface area contributed by atoms with E-state index in [9.17, 15) is 4.79 Å². The summed E-state index contributed by atoms with van der Waals surface area (Å²) in [6.07, 6.45) is 1.56. The molecule has 3 aromatic heterocycles. The van der Waals surface area contributed by atoms with E-state index in [0.717, 1.165) is 26.4 Å². The van der Waals surface area contributed by atoms with E-state index in [1.54, 1.807) is 29.1 Å². The first-order valence-electron chi connectivity index (χ1n) is 5.94. The van der Waals surface area contributed by atoms with Crippen molar-refractivity contribution in [1.82, 2.24) is 19.9 Å². The Morgan fingerprint density at radius 1 is 1.45 bits per heavy atom. The van der Waals surface area contributed by atoms with Crippen LogP contribution in [0.2, 0.25) is 0 Å². The van der Waals surface area contributed by atoms with E-state index in [-0.39, 0.29) is 5.56 Å². The third kappa shape index (κ3) is 2.14. The van der Waals surface area contributed by atoms with E-state index in [1.165, 1.54) is 11.8 Å². The zero-order valence-corrected chi connectivity index (χ0v) is 12.8. The molecule has 0 atom stereocenters. The van der Waals surface area contributed by atoms with Gasteiger partial charge in [-0.05, 0) is 19.4 Å². The molecule has 8 heteroatoms. The second-order valence-electron chi connectivity index (χ2n) is 4.41. The molecule has 6 nitrogen and oxygen atoms in total.